The lowest BCUT2D eigenvalue weighted by Crippen LogP contribution is -2.47. The first-order valence-electron chi connectivity index (χ1n) is 5.41. The molecule has 2 N–H and O–H groups in total. The molecule has 2 rings (SSSR count). The van der Waals surface area contributed by atoms with Gasteiger partial charge in [0, 0.05) is 50.7 Å². The van der Waals surface area contributed by atoms with Gasteiger partial charge in [0.1, 0.15) is 0 Å². The Bertz CT molecular complexity index is 331. The quantitative estimate of drug-likeness (QED) is 0.812. The minimum Gasteiger partial charge on any atom is -0.393 e. The molecule has 2 heterocycles. The van der Waals surface area contributed by atoms with E-state index in [1.165, 1.54) is 0 Å². The summed E-state index contributed by atoms with van der Waals surface area (Å²) in [5.74, 6) is 0. The van der Waals surface area contributed by atoms with Crippen molar-refractivity contribution < 1.29 is 0 Å². The van der Waals surface area contributed by atoms with Crippen LogP contribution < -0.4 is 10.6 Å². The Morgan fingerprint density at radius 3 is 2.75 bits per heavy atom. The molecule has 0 unspecified atom stereocenters. The van der Waals surface area contributed by atoms with Crippen LogP contribution in [-0.4, -0.2) is 47.6 Å². The highest BCUT2D eigenvalue weighted by Gasteiger charge is 2.18. The van der Waals surface area contributed by atoms with Crippen LogP contribution in [0.5, 0.6) is 0 Å². The number of hydrogen-bond donors (Lipinski definition) is 1. The Balaban J connectivity index is 1.76. The van der Waals surface area contributed by atoms with Gasteiger partial charge in [0.15, 0.2) is 5.13 Å². The molecular weight excluding hydrogens is 240 g/mol. The van der Waals surface area contributed by atoms with Gasteiger partial charge < -0.3 is 10.6 Å². The number of piperazine rings is 1. The van der Waals surface area contributed by atoms with Gasteiger partial charge in [0.2, 0.25) is 0 Å². The van der Waals surface area contributed by atoms with Crippen LogP contribution in [0.15, 0.2) is 11.6 Å². The van der Waals surface area contributed by atoms with Crippen molar-refractivity contribution in [2.75, 3.05) is 37.6 Å². The van der Waals surface area contributed by atoms with Crippen LogP contribution in [0.2, 0.25) is 0 Å². The smallest absolute Gasteiger partial charge is 0.185 e. The SMILES string of the molecule is NC(=S)CCN1CCN(c2nccs2)CC1. The molecule has 0 saturated carbocycles. The van der Waals surface area contributed by atoms with Gasteiger partial charge in [-0.3, -0.25) is 4.90 Å². The summed E-state index contributed by atoms with van der Waals surface area (Å²) in [6, 6.07) is 0. The van der Waals surface area contributed by atoms with Gasteiger partial charge >= 0.3 is 0 Å². The van der Waals surface area contributed by atoms with Crippen molar-refractivity contribution in [1.82, 2.24) is 9.88 Å². The second-order valence-electron chi connectivity index (χ2n) is 3.86. The van der Waals surface area contributed by atoms with Crippen molar-refractivity contribution in [3.05, 3.63) is 11.6 Å². The maximum Gasteiger partial charge on any atom is 0.185 e. The molecule has 1 fully saturated rings. The van der Waals surface area contributed by atoms with Crippen molar-refractivity contribution in [3.8, 4) is 0 Å². The highest BCUT2D eigenvalue weighted by Crippen LogP contribution is 2.18. The zero-order valence-corrected chi connectivity index (χ0v) is 10.8. The third kappa shape index (κ3) is 3.13. The Kier molecular flexibility index (Phi) is 4.09. The summed E-state index contributed by atoms with van der Waals surface area (Å²) < 4.78 is 0. The number of rotatable bonds is 4. The standard InChI is InChI=1S/C10H16N4S2/c11-9(15)1-3-13-4-6-14(7-5-13)10-12-2-8-16-10/h2,8H,1,3-7H2,(H2,11,15). The molecule has 0 atom stereocenters. The van der Waals surface area contributed by atoms with Gasteiger partial charge in [-0.15, -0.1) is 11.3 Å². The summed E-state index contributed by atoms with van der Waals surface area (Å²) in [4.78, 5) is 9.68. The van der Waals surface area contributed by atoms with E-state index in [1.807, 2.05) is 11.6 Å². The highest BCUT2D eigenvalue weighted by atomic mass is 32.1. The highest BCUT2D eigenvalue weighted by molar-refractivity contribution is 7.80. The Morgan fingerprint density at radius 1 is 1.44 bits per heavy atom. The van der Waals surface area contributed by atoms with Crippen molar-refractivity contribution in [2.45, 2.75) is 6.42 Å². The predicted octanol–water partition coefficient (Wildman–Crippen LogP) is 0.941. The molecule has 0 aromatic carbocycles. The van der Waals surface area contributed by atoms with E-state index in [2.05, 4.69) is 14.8 Å². The van der Waals surface area contributed by atoms with Crippen molar-refractivity contribution >= 4 is 33.7 Å². The van der Waals surface area contributed by atoms with Crippen LogP contribution in [0.25, 0.3) is 0 Å². The van der Waals surface area contributed by atoms with Gasteiger partial charge in [-0.1, -0.05) is 12.2 Å². The van der Waals surface area contributed by atoms with E-state index in [-0.39, 0.29) is 0 Å². The maximum atomic E-state index is 5.50. The van der Waals surface area contributed by atoms with E-state index in [0.717, 1.165) is 44.3 Å². The van der Waals surface area contributed by atoms with Crippen LogP contribution in [-0.2, 0) is 0 Å². The summed E-state index contributed by atoms with van der Waals surface area (Å²) in [6.45, 7) is 5.22. The second kappa shape index (κ2) is 5.56. The molecule has 0 spiro atoms. The van der Waals surface area contributed by atoms with Gasteiger partial charge in [-0.05, 0) is 0 Å². The molecular formula is C10H16N4S2. The summed E-state index contributed by atoms with van der Waals surface area (Å²) >= 11 is 6.59. The number of thiazole rings is 1. The fourth-order valence-electron chi connectivity index (χ4n) is 1.80. The average Bonchev–Trinajstić information content (AvgIpc) is 2.80. The monoisotopic (exact) mass is 256 g/mol. The molecule has 4 nitrogen and oxygen atoms in total. The van der Waals surface area contributed by atoms with E-state index in [4.69, 9.17) is 18.0 Å². The van der Waals surface area contributed by atoms with E-state index in [1.54, 1.807) is 11.3 Å². The van der Waals surface area contributed by atoms with E-state index >= 15 is 0 Å². The Labute approximate surface area is 105 Å². The first-order chi connectivity index (χ1) is 7.75. The van der Waals surface area contributed by atoms with Crippen molar-refractivity contribution in [3.63, 3.8) is 0 Å². The van der Waals surface area contributed by atoms with E-state index in [0.29, 0.717) is 4.99 Å². The zero-order chi connectivity index (χ0) is 11.4. The fraction of sp³-hybridized carbons (Fsp3) is 0.600. The average molecular weight is 256 g/mol. The van der Waals surface area contributed by atoms with Crippen LogP contribution >= 0.6 is 23.6 Å². The number of hydrogen-bond acceptors (Lipinski definition) is 5. The lowest BCUT2D eigenvalue weighted by atomic mass is 10.3. The van der Waals surface area contributed by atoms with Gasteiger partial charge in [0.25, 0.3) is 0 Å². The molecule has 0 aliphatic carbocycles. The molecule has 1 aromatic heterocycles. The molecule has 0 bridgehead atoms. The lowest BCUT2D eigenvalue weighted by Gasteiger charge is -2.34. The van der Waals surface area contributed by atoms with Gasteiger partial charge in [-0.25, -0.2) is 4.98 Å². The summed E-state index contributed by atoms with van der Waals surface area (Å²) in [6.07, 6.45) is 2.69. The zero-order valence-electron chi connectivity index (χ0n) is 9.13. The minimum absolute atomic E-state index is 0.613. The third-order valence-corrected chi connectivity index (χ3v) is 3.77. The molecule has 6 heteroatoms. The number of thiocarbonyl (C=S) groups is 1. The summed E-state index contributed by atoms with van der Waals surface area (Å²) in [7, 11) is 0. The van der Waals surface area contributed by atoms with Crippen LogP contribution in [0.4, 0.5) is 5.13 Å². The normalized spacial score (nSPS) is 17.6. The van der Waals surface area contributed by atoms with Crippen LogP contribution in [0.3, 0.4) is 0 Å². The number of nitrogens with two attached hydrogens (primary N) is 1. The number of aromatic nitrogens is 1. The predicted molar refractivity (Wildman–Crippen MR) is 72.2 cm³/mol. The Hall–Kier alpha value is -0.720. The lowest BCUT2D eigenvalue weighted by molar-refractivity contribution is 0.265. The first kappa shape index (κ1) is 11.8. The molecule has 1 aromatic rings. The summed E-state index contributed by atoms with van der Waals surface area (Å²) in [5.41, 5.74) is 5.50. The van der Waals surface area contributed by atoms with E-state index in [9.17, 15) is 0 Å². The summed E-state index contributed by atoms with van der Waals surface area (Å²) in [5, 5.41) is 3.16. The minimum atomic E-state index is 0.613. The Morgan fingerprint density at radius 2 is 2.19 bits per heavy atom. The molecule has 88 valence electrons. The fourth-order valence-corrected chi connectivity index (χ4v) is 2.59. The van der Waals surface area contributed by atoms with Crippen LogP contribution in [0, 0.1) is 0 Å². The number of nitrogens with zero attached hydrogens (tertiary/aromatic N) is 3. The second-order valence-corrected chi connectivity index (χ2v) is 5.26. The van der Waals surface area contributed by atoms with Crippen molar-refractivity contribution in [2.24, 2.45) is 5.73 Å². The van der Waals surface area contributed by atoms with Gasteiger partial charge in [-0.2, -0.15) is 0 Å². The molecule has 1 aliphatic heterocycles. The molecule has 0 radical (unpaired) electrons. The topological polar surface area (TPSA) is 45.4 Å². The molecule has 16 heavy (non-hydrogen) atoms. The molecule has 1 aliphatic rings. The van der Waals surface area contributed by atoms with Crippen LogP contribution in [0.1, 0.15) is 6.42 Å². The third-order valence-electron chi connectivity index (χ3n) is 2.74. The largest absolute Gasteiger partial charge is 0.393 e. The maximum absolute atomic E-state index is 5.50. The first-order valence-corrected chi connectivity index (χ1v) is 6.69. The van der Waals surface area contributed by atoms with E-state index < -0.39 is 0 Å². The molecule has 1 saturated heterocycles. The van der Waals surface area contributed by atoms with Crippen molar-refractivity contribution in [1.29, 1.82) is 0 Å². The number of anilines is 1. The molecule has 0 amide bonds. The van der Waals surface area contributed by atoms with Gasteiger partial charge in [0.05, 0.1) is 4.99 Å².